The van der Waals surface area contributed by atoms with E-state index in [0.29, 0.717) is 21.6 Å². The van der Waals surface area contributed by atoms with Crippen molar-refractivity contribution in [3.63, 3.8) is 0 Å². The second kappa shape index (κ2) is 7.98. The number of aryl methyl sites for hydroxylation is 1. The fraction of sp³-hybridized carbons (Fsp3) is 0.167. The third-order valence-corrected chi connectivity index (χ3v) is 7.07. The van der Waals surface area contributed by atoms with Gasteiger partial charge in [0.05, 0.1) is 22.3 Å². The molecule has 34 heavy (non-hydrogen) atoms. The van der Waals surface area contributed by atoms with Crippen LogP contribution in [0.15, 0.2) is 64.5 Å². The van der Waals surface area contributed by atoms with E-state index in [1.54, 1.807) is 25.4 Å². The summed E-state index contributed by atoms with van der Waals surface area (Å²) < 4.78 is 42.0. The van der Waals surface area contributed by atoms with Gasteiger partial charge in [0.15, 0.2) is 5.43 Å². The van der Waals surface area contributed by atoms with Crippen LogP contribution in [0.4, 0.5) is 13.2 Å². The molecule has 4 aromatic rings. The average molecular weight is 483 g/mol. The quantitative estimate of drug-likeness (QED) is 0.422. The maximum Gasteiger partial charge on any atom is 0.416 e. The number of benzene rings is 2. The van der Waals surface area contributed by atoms with E-state index in [0.717, 1.165) is 23.8 Å². The number of hydrogen-bond donors (Lipinski definition) is 1. The van der Waals surface area contributed by atoms with Crippen molar-refractivity contribution in [1.82, 2.24) is 14.5 Å². The number of hydrogen-bond acceptors (Lipinski definition) is 5. The largest absolute Gasteiger partial charge is 0.477 e. The molecule has 0 aliphatic carbocycles. The first-order valence-corrected chi connectivity index (χ1v) is 11.1. The summed E-state index contributed by atoms with van der Waals surface area (Å²) in [5, 5.41) is 9.44. The maximum atomic E-state index is 13.5. The van der Waals surface area contributed by atoms with Crippen LogP contribution in [-0.4, -0.2) is 25.6 Å². The Morgan fingerprint density at radius 3 is 2.53 bits per heavy atom. The lowest BCUT2D eigenvalue weighted by atomic mass is 10.0. The minimum Gasteiger partial charge on any atom is -0.477 e. The molecule has 6 nitrogen and oxygen atoms in total. The molecule has 0 bridgehead atoms. The number of nitrogens with zero attached hydrogens (tertiary/aromatic N) is 3. The number of halogens is 3. The standard InChI is InChI=1S/C24H16F3N3O3S/c1-12-8-19(31)22(23(32)33)18-11-21(13-2-4-15-16(9-13)29-7-6-28-15)34-20-5-3-14(24(25,26)27)10-17(20)30(12)18/h2-10,21H,11H2,1H3,(H,32,33)/t21-/m1/s1. The van der Waals surface area contributed by atoms with Crippen LogP contribution in [-0.2, 0) is 12.6 Å². The van der Waals surface area contributed by atoms with E-state index in [1.165, 1.54) is 22.4 Å². The topological polar surface area (TPSA) is 85.1 Å². The molecular weight excluding hydrogens is 467 g/mol. The fourth-order valence-electron chi connectivity index (χ4n) is 4.26. The SMILES string of the molecule is Cc1cc(=O)c(C(=O)O)c2n1-c1cc(C(F)(F)F)ccc1S[C@@H](c1ccc3nccnc3c1)C2. The molecule has 2 aromatic carbocycles. The lowest BCUT2D eigenvalue weighted by Gasteiger charge is -2.19. The van der Waals surface area contributed by atoms with Crippen molar-refractivity contribution < 1.29 is 23.1 Å². The van der Waals surface area contributed by atoms with Crippen LogP contribution in [0.3, 0.4) is 0 Å². The Kier molecular flexibility index (Phi) is 5.20. The third-order valence-electron chi connectivity index (χ3n) is 5.75. The van der Waals surface area contributed by atoms with Crippen molar-refractivity contribution >= 4 is 28.8 Å². The van der Waals surface area contributed by atoms with Gasteiger partial charge in [-0.1, -0.05) is 6.07 Å². The fourth-order valence-corrected chi connectivity index (χ4v) is 5.50. The predicted molar refractivity (Wildman–Crippen MR) is 121 cm³/mol. The summed E-state index contributed by atoms with van der Waals surface area (Å²) in [6.07, 6.45) is -1.33. The molecule has 1 aliphatic heterocycles. The number of pyridine rings is 1. The second-order valence-electron chi connectivity index (χ2n) is 7.91. The van der Waals surface area contributed by atoms with Crippen molar-refractivity contribution in [1.29, 1.82) is 0 Å². The van der Waals surface area contributed by atoms with Crippen molar-refractivity contribution in [3.05, 3.63) is 93.2 Å². The van der Waals surface area contributed by atoms with Gasteiger partial charge < -0.3 is 9.67 Å². The number of rotatable bonds is 2. The van der Waals surface area contributed by atoms with Crippen molar-refractivity contribution in [2.45, 2.75) is 29.7 Å². The minimum atomic E-state index is -4.58. The predicted octanol–water partition coefficient (Wildman–Crippen LogP) is 5.20. The zero-order chi connectivity index (χ0) is 24.2. The van der Waals surface area contributed by atoms with Crippen LogP contribution in [0.1, 0.15) is 38.1 Å². The Morgan fingerprint density at radius 2 is 1.82 bits per heavy atom. The lowest BCUT2D eigenvalue weighted by Crippen LogP contribution is -2.24. The molecule has 0 saturated carbocycles. The Labute approximate surface area is 195 Å². The zero-order valence-corrected chi connectivity index (χ0v) is 18.4. The molecule has 0 radical (unpaired) electrons. The number of carboxylic acid groups (broad SMARTS) is 1. The van der Waals surface area contributed by atoms with Gasteiger partial charge in [0.1, 0.15) is 5.56 Å². The van der Waals surface area contributed by atoms with Gasteiger partial charge in [0, 0.05) is 46.4 Å². The first-order chi connectivity index (χ1) is 16.1. The summed E-state index contributed by atoms with van der Waals surface area (Å²) in [5.74, 6) is -1.42. The van der Waals surface area contributed by atoms with Gasteiger partial charge >= 0.3 is 12.1 Å². The van der Waals surface area contributed by atoms with Gasteiger partial charge in [0.25, 0.3) is 0 Å². The summed E-state index contributed by atoms with van der Waals surface area (Å²) in [7, 11) is 0. The summed E-state index contributed by atoms with van der Waals surface area (Å²) in [6.45, 7) is 1.58. The molecule has 3 heterocycles. The molecule has 0 unspecified atom stereocenters. The minimum absolute atomic E-state index is 0.116. The van der Waals surface area contributed by atoms with E-state index in [4.69, 9.17) is 0 Å². The number of aromatic nitrogens is 3. The van der Waals surface area contributed by atoms with Gasteiger partial charge in [-0.05, 0) is 42.8 Å². The van der Waals surface area contributed by atoms with Gasteiger partial charge in [-0.15, -0.1) is 11.8 Å². The normalized spacial score (nSPS) is 15.5. The average Bonchev–Trinajstić information content (AvgIpc) is 2.94. The molecule has 0 spiro atoms. The van der Waals surface area contributed by atoms with E-state index in [-0.39, 0.29) is 23.1 Å². The highest BCUT2D eigenvalue weighted by Gasteiger charge is 2.34. The van der Waals surface area contributed by atoms with Crippen molar-refractivity contribution in [2.24, 2.45) is 0 Å². The van der Waals surface area contributed by atoms with Gasteiger partial charge in [-0.2, -0.15) is 13.2 Å². The summed E-state index contributed by atoms with van der Waals surface area (Å²) in [4.78, 5) is 33.8. The summed E-state index contributed by atoms with van der Waals surface area (Å²) in [5.41, 5.74) is 0.842. The van der Waals surface area contributed by atoms with E-state index < -0.39 is 28.7 Å². The molecule has 0 amide bonds. The monoisotopic (exact) mass is 483 g/mol. The van der Waals surface area contributed by atoms with Crippen LogP contribution in [0.5, 0.6) is 0 Å². The molecule has 2 aromatic heterocycles. The van der Waals surface area contributed by atoms with Gasteiger partial charge in [0.2, 0.25) is 0 Å². The number of fused-ring (bicyclic) bond motifs is 4. The molecule has 1 N–H and O–H groups in total. The van der Waals surface area contributed by atoms with Crippen LogP contribution < -0.4 is 5.43 Å². The number of carboxylic acids is 1. The molecule has 1 aliphatic rings. The summed E-state index contributed by atoms with van der Waals surface area (Å²) in [6, 6.07) is 10.0. The van der Waals surface area contributed by atoms with E-state index >= 15 is 0 Å². The molecule has 0 fully saturated rings. The third kappa shape index (κ3) is 3.73. The Morgan fingerprint density at radius 1 is 1.09 bits per heavy atom. The molecule has 10 heteroatoms. The lowest BCUT2D eigenvalue weighted by molar-refractivity contribution is -0.137. The molecule has 1 atom stereocenters. The van der Waals surface area contributed by atoms with Crippen LogP contribution >= 0.6 is 11.8 Å². The molecule has 5 rings (SSSR count). The Balaban J connectivity index is 1.79. The van der Waals surface area contributed by atoms with Crippen LogP contribution in [0.2, 0.25) is 0 Å². The first-order valence-electron chi connectivity index (χ1n) is 10.2. The van der Waals surface area contributed by atoms with Crippen molar-refractivity contribution in [3.8, 4) is 5.69 Å². The number of thioether (sulfide) groups is 1. The zero-order valence-electron chi connectivity index (χ0n) is 17.6. The first kappa shape index (κ1) is 22.1. The van der Waals surface area contributed by atoms with E-state index in [2.05, 4.69) is 9.97 Å². The highest BCUT2D eigenvalue weighted by molar-refractivity contribution is 7.99. The van der Waals surface area contributed by atoms with Crippen LogP contribution in [0.25, 0.3) is 16.7 Å². The second-order valence-corrected chi connectivity index (χ2v) is 9.15. The number of aromatic carboxylic acids is 1. The maximum absolute atomic E-state index is 13.5. The molecular formula is C24H16F3N3O3S. The van der Waals surface area contributed by atoms with Gasteiger partial charge in [-0.25, -0.2) is 4.79 Å². The highest BCUT2D eigenvalue weighted by Crippen LogP contribution is 2.46. The molecule has 172 valence electrons. The number of carbonyl (C=O) groups is 1. The van der Waals surface area contributed by atoms with Gasteiger partial charge in [-0.3, -0.25) is 14.8 Å². The molecule has 0 saturated heterocycles. The smallest absolute Gasteiger partial charge is 0.416 e. The van der Waals surface area contributed by atoms with Crippen LogP contribution in [0, 0.1) is 6.92 Å². The highest BCUT2D eigenvalue weighted by atomic mass is 32.2. The van der Waals surface area contributed by atoms with E-state index in [9.17, 15) is 27.9 Å². The Hall–Kier alpha value is -3.66. The van der Waals surface area contributed by atoms with E-state index in [1.807, 2.05) is 12.1 Å². The number of alkyl halides is 3. The van der Waals surface area contributed by atoms with Crippen molar-refractivity contribution in [2.75, 3.05) is 0 Å². The Bertz CT molecular complexity index is 1530. The summed E-state index contributed by atoms with van der Waals surface area (Å²) >= 11 is 1.32.